The molecule has 37 nitrogen and oxygen atoms in total. The van der Waals surface area contributed by atoms with Gasteiger partial charge in [0.15, 0.2) is 35.1 Å². The molecule has 15 rings (SSSR count). The number of carboxylic acids is 2. The molecule has 2 fully saturated rings. The van der Waals surface area contributed by atoms with Gasteiger partial charge in [0.05, 0.1) is 16.7 Å². The van der Waals surface area contributed by atoms with Crippen molar-refractivity contribution in [3.63, 3.8) is 0 Å². The molecular weight excluding hydrogens is 1630 g/mol. The lowest BCUT2D eigenvalue weighted by Crippen LogP contribution is -2.66. The molecule has 1 unspecified atom stereocenters. The Morgan fingerprint density at radius 1 is 0.537 bits per heavy atom. The van der Waals surface area contributed by atoms with Crippen molar-refractivity contribution in [2.45, 2.75) is 175 Å². The number of phenolic OH excluding ortho intramolecular Hbond substituents is 4. The molecule has 2 saturated heterocycles. The van der Waals surface area contributed by atoms with E-state index in [1.165, 1.54) is 49.5 Å². The van der Waals surface area contributed by atoms with Crippen LogP contribution in [0.2, 0.25) is 10.0 Å². The second kappa shape index (κ2) is 36.6. The van der Waals surface area contributed by atoms with Crippen molar-refractivity contribution < 1.29 is 143 Å². The van der Waals surface area contributed by atoms with Crippen LogP contribution >= 0.6 is 23.2 Å². The predicted octanol–water partition coefficient (Wildman–Crippen LogP) is 3.79. The molecule has 8 aliphatic heterocycles. The van der Waals surface area contributed by atoms with Crippen LogP contribution in [-0.2, 0) is 59.0 Å². The topological polar surface area (TPSA) is 577 Å². The number of fused-ring (bicyclic) bond motifs is 14. The highest BCUT2D eigenvalue weighted by Crippen LogP contribution is 2.50. The first-order chi connectivity index (χ1) is 57.7. The molecule has 7 aromatic carbocycles. The predicted molar refractivity (Wildman–Crippen MR) is 419 cm³/mol. The summed E-state index contributed by atoms with van der Waals surface area (Å²) in [4.78, 5) is 136. The van der Waals surface area contributed by atoms with E-state index < -0.39 is 271 Å². The molecule has 17 bridgehead atoms. The summed E-state index contributed by atoms with van der Waals surface area (Å²) in [7, 11) is 1.42. The number of aliphatic hydroxyl groups is 7. The normalized spacial score (nSPS) is 26.6. The zero-order valence-electron chi connectivity index (χ0n) is 64.4. The number of amides is 7. The molecule has 7 amide bonds. The number of aliphatic hydroxyl groups excluding tert-OH is 7. The minimum atomic E-state index is -2.47. The number of nitrogens with one attached hydrogen (secondary N) is 8. The molecule has 121 heavy (non-hydrogen) atoms. The van der Waals surface area contributed by atoms with Crippen LogP contribution in [0.3, 0.4) is 0 Å². The Bertz CT molecular complexity index is 5180. The van der Waals surface area contributed by atoms with Gasteiger partial charge in [0, 0.05) is 47.2 Å². The first-order valence-corrected chi connectivity index (χ1v) is 39.2. The minimum Gasteiger partial charge on any atom is -0.508 e. The van der Waals surface area contributed by atoms with E-state index in [-0.39, 0.29) is 40.4 Å². The van der Waals surface area contributed by atoms with Crippen molar-refractivity contribution >= 4 is 76.5 Å². The fourth-order valence-electron chi connectivity index (χ4n) is 15.0. The van der Waals surface area contributed by atoms with Crippen molar-refractivity contribution in [2.24, 2.45) is 5.92 Å². The Morgan fingerprint density at radius 3 is 1.88 bits per heavy atom. The first-order valence-electron chi connectivity index (χ1n) is 38.4. The Morgan fingerprint density at radius 2 is 1.18 bits per heavy atom. The zero-order valence-corrected chi connectivity index (χ0v) is 65.9. The van der Waals surface area contributed by atoms with Gasteiger partial charge in [-0.05, 0) is 120 Å². The van der Waals surface area contributed by atoms with Gasteiger partial charge >= 0.3 is 11.9 Å². The largest absolute Gasteiger partial charge is 0.508 e. The second-order valence-electron chi connectivity index (χ2n) is 30.2. The maximum atomic E-state index is 16.7. The maximum absolute atomic E-state index is 16.7. The highest BCUT2D eigenvalue weighted by molar-refractivity contribution is 6.33. The molecule has 0 radical (unpaired) electrons. The molecule has 39 heteroatoms. The number of benzene rings is 7. The van der Waals surface area contributed by atoms with Gasteiger partial charge in [-0.2, -0.15) is 0 Å². The van der Waals surface area contributed by atoms with Crippen LogP contribution in [0.25, 0.3) is 11.1 Å². The van der Waals surface area contributed by atoms with Crippen LogP contribution in [-0.4, -0.2) is 207 Å². The average Bonchev–Trinajstić information content (AvgIpc) is 0.759. The third-order valence-corrected chi connectivity index (χ3v) is 22.1. The van der Waals surface area contributed by atoms with Crippen LogP contribution in [0.15, 0.2) is 115 Å². The summed E-state index contributed by atoms with van der Waals surface area (Å²) in [5.41, 5.74) is -3.29. The van der Waals surface area contributed by atoms with Crippen LogP contribution < -0.4 is 66.2 Å². The van der Waals surface area contributed by atoms with Gasteiger partial charge in [-0.25, -0.2) is 9.59 Å². The summed E-state index contributed by atoms with van der Waals surface area (Å²) < 4.78 is 43.9. The third kappa shape index (κ3) is 18.7. The molecule has 0 spiro atoms. The van der Waals surface area contributed by atoms with Gasteiger partial charge in [-0.1, -0.05) is 99.5 Å². The van der Waals surface area contributed by atoms with Crippen molar-refractivity contribution in [3.05, 3.63) is 164 Å². The SMILES string of the molecule is CN[C@@H]1C(=O)N[C@H]2Cc3ccc(cc3)Oc3cc4cc(c3O[C@H]3O[C@@H](C(=O)O)[C@H](O)[C@@H](O)[C@@H]3NC(=O)CCCCCCCC(C)C)Oc3ccc(cc3Cl)[C@H](O)[C@H]3NC(=O)[C@@H](NC(=O)[C@H]4NC(=O)[C@H](NC2=O)c2cc(cc(O)c2Cl)Oc2cc1ccc2O)c1ccc(O)c(c1)-c1c(O[C@@H]2O[C@@H](CO)[C@H](O)[C@@H](O)[C@H]2O)cc(O)cc1C(C(=O)O)NC3=O. The third-order valence-electron chi connectivity index (χ3n) is 21.4. The highest BCUT2D eigenvalue weighted by Gasteiger charge is 2.52. The number of aliphatic carboxylic acids is 2. The van der Waals surface area contributed by atoms with Gasteiger partial charge in [-0.3, -0.25) is 33.6 Å². The molecule has 8 aliphatic rings. The average molecular weight is 1720 g/mol. The van der Waals surface area contributed by atoms with Gasteiger partial charge in [0.2, 0.25) is 59.7 Å². The summed E-state index contributed by atoms with van der Waals surface area (Å²) in [5.74, 6) is -19.1. The lowest BCUT2D eigenvalue weighted by Gasteiger charge is -2.41. The van der Waals surface area contributed by atoms with Crippen LogP contribution in [0.1, 0.15) is 134 Å². The molecule has 642 valence electrons. The van der Waals surface area contributed by atoms with E-state index in [0.717, 1.165) is 98.5 Å². The monoisotopic (exact) mass is 1720 g/mol. The molecular formula is C82H86Cl2N8O29. The van der Waals surface area contributed by atoms with E-state index in [9.17, 15) is 85.6 Å². The number of carbonyl (C=O) groups excluding carboxylic acids is 7. The molecule has 7 aromatic rings. The number of carboxylic acid groups (broad SMARTS) is 2. The summed E-state index contributed by atoms with van der Waals surface area (Å²) >= 11 is 14.2. The van der Waals surface area contributed by atoms with E-state index in [0.29, 0.717) is 18.8 Å². The number of halogens is 2. The van der Waals surface area contributed by atoms with Gasteiger partial charge in [0.1, 0.15) is 125 Å². The second-order valence-corrected chi connectivity index (χ2v) is 31.0. The van der Waals surface area contributed by atoms with Crippen molar-refractivity contribution in [1.29, 1.82) is 0 Å². The molecule has 0 aliphatic carbocycles. The zero-order chi connectivity index (χ0) is 86.9. The van der Waals surface area contributed by atoms with Crippen molar-refractivity contribution in [1.82, 2.24) is 42.5 Å². The Labute approximate surface area is 697 Å². The number of rotatable bonds is 17. The summed E-state index contributed by atoms with van der Waals surface area (Å²) in [5, 5.41) is 167. The van der Waals surface area contributed by atoms with E-state index in [2.05, 4.69) is 56.4 Å². The minimum absolute atomic E-state index is 0.154. The lowest BCUT2D eigenvalue weighted by molar-refractivity contribution is -0.277. The number of hydrogen-bond donors (Lipinski definition) is 21. The van der Waals surface area contributed by atoms with Crippen LogP contribution in [0.5, 0.6) is 69.0 Å². The number of carbonyl (C=O) groups is 9. The van der Waals surface area contributed by atoms with E-state index in [1.54, 1.807) is 0 Å². The maximum Gasteiger partial charge on any atom is 0.335 e. The van der Waals surface area contributed by atoms with E-state index >= 15 is 24.0 Å². The Kier molecular flexibility index (Phi) is 26.3. The quantitative estimate of drug-likeness (QED) is 0.0577. The number of hydrogen-bond acceptors (Lipinski definition) is 28. The summed E-state index contributed by atoms with van der Waals surface area (Å²) in [6.45, 7) is 3.21. The van der Waals surface area contributed by atoms with Crippen molar-refractivity contribution in [3.8, 4) is 80.1 Å². The highest BCUT2D eigenvalue weighted by atomic mass is 35.5. The molecule has 21 N–H and O–H groups in total. The van der Waals surface area contributed by atoms with Crippen LogP contribution in [0.4, 0.5) is 0 Å². The smallest absolute Gasteiger partial charge is 0.335 e. The Hall–Kier alpha value is -11.9. The Balaban J connectivity index is 1.04. The number of aromatic hydroxyl groups is 4. The summed E-state index contributed by atoms with van der Waals surface area (Å²) in [6, 6.07) is 4.39. The van der Waals surface area contributed by atoms with Gasteiger partial charge in [0.25, 0.3) is 0 Å². The van der Waals surface area contributed by atoms with E-state index in [1.807, 2.05) is 0 Å². The number of phenols is 4. The molecule has 0 saturated carbocycles. The summed E-state index contributed by atoms with van der Waals surface area (Å²) in [6.07, 6.45) is -17.5. The first kappa shape index (κ1) is 87.0. The number of ether oxygens (including phenoxy) is 7. The lowest BCUT2D eigenvalue weighted by atomic mass is 9.89. The fourth-order valence-corrected chi connectivity index (χ4v) is 15.5. The molecule has 0 aromatic heterocycles. The molecule has 18 atom stereocenters. The standard InChI is InChI=1S/C82H86Cl2N8O29/c1-32(2)9-7-5-4-6-8-10-55(98)87-64-67(101)69(103)72(80(113)114)121-81(64)120-71-52-25-37-26-53(71)117-49-20-15-36(23-44(49)83)65(99)63-78(110)91-62(79(111)112)42-27-38(94)28-51(118-82-70(104)68(102)66(100)54(31-93)119-82)56(42)41-22-34(13-18-46(41)95)59(75(107)92-63)88-76(108)60(37)89-77(109)61-43-29-40(30-48(97)57(43)84)116-50-24-35(14-19-47(50)96)58(85-3)74(106)86-45(73(105)90-61)21-33-11-16-39(115-52)17-12-33/h11-20,22-30,32,45,54,58-70,72,81-82,85,93-97,99-104H,4-10,21,31H2,1-3H3,(H,86,106)(H,87,98)(H,88,108)(H,89,109)(H,90,105)(H,91,110)(H,92,107)(H,111,112)(H,113,114)/t45-,54-,58-,59-,60-,61+,62?,63+,64-,65-,66-,67-,68+,69+,70+,72+,81-,82+/m0/s1. The molecule has 8 heterocycles. The van der Waals surface area contributed by atoms with E-state index in [4.69, 9.17) is 56.4 Å². The number of unbranched alkanes of at least 4 members (excludes halogenated alkanes) is 4. The van der Waals surface area contributed by atoms with Gasteiger partial charge in [-0.15, -0.1) is 0 Å². The fraction of sp³-hybridized carbons (Fsp3) is 0.378. The van der Waals surface area contributed by atoms with Crippen molar-refractivity contribution in [2.75, 3.05) is 13.7 Å². The number of likely N-dealkylation sites (N-methyl/N-ethyl adjacent to an activating group) is 1. The van der Waals surface area contributed by atoms with Gasteiger partial charge < -0.3 is 142 Å². The van der Waals surface area contributed by atoms with Crippen LogP contribution in [0, 0.1) is 5.92 Å².